The van der Waals surface area contributed by atoms with Gasteiger partial charge in [0.25, 0.3) is 6.09 Å². The Morgan fingerprint density at radius 3 is 2.50 bits per heavy atom. The molecule has 0 aliphatic heterocycles. The van der Waals surface area contributed by atoms with Crippen molar-refractivity contribution in [3.8, 4) is 0 Å². The SMILES string of the molecule is F/C(=N\S)N[S-]. The summed E-state index contributed by atoms with van der Waals surface area (Å²) in [7, 11) is 0. The molecule has 36 valence electrons. The average Bonchev–Trinajstić information content (AvgIpc) is 1.65. The summed E-state index contributed by atoms with van der Waals surface area (Å²) < 4.78 is 15.8. The molecule has 0 aromatic heterocycles. The van der Waals surface area contributed by atoms with Crippen LogP contribution in [-0.4, -0.2) is 6.09 Å². The number of halogens is 1. The summed E-state index contributed by atoms with van der Waals surface area (Å²) in [5.74, 6) is 0. The summed E-state index contributed by atoms with van der Waals surface area (Å²) in [6.45, 7) is 0. The maximum atomic E-state index is 11.3. The van der Waals surface area contributed by atoms with Crippen LogP contribution in [0.15, 0.2) is 4.40 Å². The van der Waals surface area contributed by atoms with Crippen LogP contribution in [0, 0.1) is 0 Å². The molecule has 0 aliphatic carbocycles. The van der Waals surface area contributed by atoms with Gasteiger partial charge in [-0.25, -0.2) is 0 Å². The first kappa shape index (κ1) is 6.10. The fourth-order valence-electron chi connectivity index (χ4n) is 0.0204. The molecule has 0 rings (SSSR count). The number of rotatable bonds is 0. The first-order chi connectivity index (χ1) is 2.81. The molecule has 0 aromatic carbocycles. The Hall–Kier alpha value is 0.1000. The molecule has 0 radical (unpaired) electrons. The van der Waals surface area contributed by atoms with Gasteiger partial charge in [-0.2, -0.15) is 8.79 Å². The summed E-state index contributed by atoms with van der Waals surface area (Å²) in [4.78, 5) is 0. The molecule has 0 fully saturated rings. The van der Waals surface area contributed by atoms with E-state index in [1.807, 2.05) is 0 Å². The van der Waals surface area contributed by atoms with Gasteiger partial charge in [0.05, 0.1) is 0 Å². The van der Waals surface area contributed by atoms with Gasteiger partial charge in [0.15, 0.2) is 0 Å². The van der Waals surface area contributed by atoms with E-state index in [1.165, 1.54) is 0 Å². The molecule has 0 amide bonds. The first-order valence-corrected chi connectivity index (χ1v) is 1.87. The highest BCUT2D eigenvalue weighted by atomic mass is 32.1. The van der Waals surface area contributed by atoms with E-state index in [0.717, 1.165) is 0 Å². The van der Waals surface area contributed by atoms with E-state index in [0.29, 0.717) is 0 Å². The number of amidine groups is 1. The molecular weight excluding hydrogens is 123 g/mol. The highest BCUT2D eigenvalue weighted by Gasteiger charge is 1.73. The summed E-state index contributed by atoms with van der Waals surface area (Å²) >= 11 is 7.15. The molecule has 0 bridgehead atoms. The molecule has 5 heteroatoms. The zero-order valence-corrected chi connectivity index (χ0v) is 4.39. The van der Waals surface area contributed by atoms with E-state index in [4.69, 9.17) is 0 Å². The van der Waals surface area contributed by atoms with Crippen LogP contribution in [0.4, 0.5) is 4.39 Å². The van der Waals surface area contributed by atoms with Crippen LogP contribution in [0.1, 0.15) is 0 Å². The second kappa shape index (κ2) is 3.30. The fraction of sp³-hybridized carbons (Fsp3) is 0. The average molecular weight is 125 g/mol. The van der Waals surface area contributed by atoms with Crippen LogP contribution in [0.25, 0.3) is 0 Å². The Morgan fingerprint density at radius 1 is 2.00 bits per heavy atom. The summed E-state index contributed by atoms with van der Waals surface area (Å²) in [6.07, 6.45) is -0.853. The highest BCUT2D eigenvalue weighted by Crippen LogP contribution is 1.76. The zero-order valence-electron chi connectivity index (χ0n) is 2.68. The molecule has 6 heavy (non-hydrogen) atoms. The van der Waals surface area contributed by atoms with Crippen LogP contribution < -0.4 is 4.72 Å². The van der Waals surface area contributed by atoms with Crippen molar-refractivity contribution in [3.05, 3.63) is 0 Å². The van der Waals surface area contributed by atoms with Gasteiger partial charge in [-0.3, -0.25) is 0 Å². The maximum absolute atomic E-state index is 11.3. The van der Waals surface area contributed by atoms with Crippen LogP contribution in [0.3, 0.4) is 0 Å². The van der Waals surface area contributed by atoms with Gasteiger partial charge in [-0.15, -0.1) is 0 Å². The second-order valence-electron chi connectivity index (χ2n) is 0.493. The minimum atomic E-state index is -0.853. The quantitative estimate of drug-likeness (QED) is 0.159. The third kappa shape index (κ3) is 2.34. The van der Waals surface area contributed by atoms with E-state index in [-0.39, 0.29) is 0 Å². The third-order valence-corrected chi connectivity index (χ3v) is 0.516. The summed E-state index contributed by atoms with van der Waals surface area (Å²) in [5.41, 5.74) is 0. The van der Waals surface area contributed by atoms with E-state index in [9.17, 15) is 4.39 Å². The molecule has 0 heterocycles. The van der Waals surface area contributed by atoms with E-state index >= 15 is 0 Å². The van der Waals surface area contributed by atoms with Crippen molar-refractivity contribution >= 4 is 31.7 Å². The lowest BCUT2D eigenvalue weighted by Crippen LogP contribution is -2.07. The third-order valence-electron chi connectivity index (χ3n) is 0.172. The van der Waals surface area contributed by atoms with E-state index < -0.39 is 6.09 Å². The highest BCUT2D eigenvalue weighted by molar-refractivity contribution is 7.79. The lowest BCUT2D eigenvalue weighted by molar-refractivity contribution is 0.784. The van der Waals surface area contributed by atoms with Crippen molar-refractivity contribution in [2.75, 3.05) is 0 Å². The topological polar surface area (TPSA) is 24.4 Å². The van der Waals surface area contributed by atoms with Gasteiger partial charge < -0.3 is 17.5 Å². The van der Waals surface area contributed by atoms with Crippen LogP contribution in [0.2, 0.25) is 0 Å². The molecule has 0 spiro atoms. The molecule has 0 unspecified atom stereocenters. The van der Waals surface area contributed by atoms with Gasteiger partial charge in [-0.1, -0.05) is 0 Å². The van der Waals surface area contributed by atoms with Gasteiger partial charge in [-0.05, 0) is 12.8 Å². The Balaban J connectivity index is 3.22. The lowest BCUT2D eigenvalue weighted by atomic mass is 11.3. The minimum absolute atomic E-state index is 0.853. The van der Waals surface area contributed by atoms with Crippen molar-refractivity contribution < 1.29 is 4.39 Å². The summed E-state index contributed by atoms with van der Waals surface area (Å²) in [5, 5.41) is 0. The predicted molar refractivity (Wildman–Crippen MR) is 28.0 cm³/mol. The zero-order chi connectivity index (χ0) is 4.99. The lowest BCUT2D eigenvalue weighted by Gasteiger charge is -1.99. The molecule has 0 aliphatic rings. The van der Waals surface area contributed by atoms with Gasteiger partial charge in [0, 0.05) is 0 Å². The van der Waals surface area contributed by atoms with Crippen LogP contribution in [-0.2, 0) is 12.8 Å². The molecule has 0 saturated carbocycles. The van der Waals surface area contributed by atoms with Crippen LogP contribution >= 0.6 is 12.8 Å². The molecular formula is CH2FN2S2-. The van der Waals surface area contributed by atoms with Crippen molar-refractivity contribution in [1.29, 1.82) is 0 Å². The smallest absolute Gasteiger partial charge is 0.266 e. The van der Waals surface area contributed by atoms with Gasteiger partial charge in [0.1, 0.15) is 0 Å². The fourth-order valence-corrected chi connectivity index (χ4v) is 0.184. The second-order valence-corrected chi connectivity index (χ2v) is 0.897. The van der Waals surface area contributed by atoms with Crippen molar-refractivity contribution in [2.24, 2.45) is 4.40 Å². The van der Waals surface area contributed by atoms with Gasteiger partial charge >= 0.3 is 0 Å². The minimum Gasteiger partial charge on any atom is -0.667 e. The number of nitrogens with one attached hydrogen (secondary N) is 1. The predicted octanol–water partition coefficient (Wildman–Crippen LogP) is 0.208. The Morgan fingerprint density at radius 2 is 2.50 bits per heavy atom. The Kier molecular flexibility index (Phi) is 3.35. The Bertz CT molecular complexity index is 62.6. The van der Waals surface area contributed by atoms with Crippen molar-refractivity contribution in [1.82, 2.24) is 4.72 Å². The van der Waals surface area contributed by atoms with E-state index in [1.54, 1.807) is 4.72 Å². The first-order valence-electron chi connectivity index (χ1n) is 1.07. The number of nitrogens with zero attached hydrogens (tertiary/aromatic N) is 1. The maximum Gasteiger partial charge on any atom is 0.266 e. The number of hydrogen-bond acceptors (Lipinski definition) is 3. The normalized spacial score (nSPS) is 11.5. The van der Waals surface area contributed by atoms with Crippen molar-refractivity contribution in [2.45, 2.75) is 0 Å². The molecule has 1 N–H and O–H groups in total. The Labute approximate surface area is 45.9 Å². The monoisotopic (exact) mass is 125 g/mol. The molecule has 0 aromatic rings. The molecule has 0 saturated heterocycles. The largest absolute Gasteiger partial charge is 0.667 e. The molecule has 0 atom stereocenters. The van der Waals surface area contributed by atoms with Crippen LogP contribution in [0.5, 0.6) is 0 Å². The molecule has 2 nitrogen and oxygen atoms in total. The van der Waals surface area contributed by atoms with Crippen molar-refractivity contribution in [3.63, 3.8) is 0 Å². The van der Waals surface area contributed by atoms with Gasteiger partial charge in [0.2, 0.25) is 0 Å². The number of hydrogen-bond donors (Lipinski definition) is 2. The standard InChI is InChI=1S/CH2FN2S2/c2-1(3-5)4-6/h(H2-,3,4,5,6)/q-1. The van der Waals surface area contributed by atoms with E-state index in [2.05, 4.69) is 30.0 Å². The number of thiol groups is 1. The summed E-state index contributed by atoms with van der Waals surface area (Å²) in [6, 6.07) is 0.